The molecule has 0 saturated carbocycles. The summed E-state index contributed by atoms with van der Waals surface area (Å²) in [6, 6.07) is 78.0. The molecule has 0 N–H and O–H groups in total. The summed E-state index contributed by atoms with van der Waals surface area (Å²) < 4.78 is 2.60. The monoisotopic (exact) mass is 729 g/mol. The Morgan fingerprint density at radius 2 is 0.732 bits per heavy atom. The van der Waals surface area contributed by atoms with E-state index in [9.17, 15) is 0 Å². The summed E-state index contributed by atoms with van der Waals surface area (Å²) in [4.78, 5) is 2.43. The molecule has 262 valence electrons. The predicted molar refractivity (Wildman–Crippen MR) is 245 cm³/mol. The Morgan fingerprint density at radius 3 is 1.38 bits per heavy atom. The zero-order chi connectivity index (χ0) is 37.0. The predicted octanol–water partition coefficient (Wildman–Crippen LogP) is 16.1. The molecule has 0 atom stereocenters. The van der Waals surface area contributed by atoms with Gasteiger partial charge in [0.15, 0.2) is 0 Å². The summed E-state index contributed by atoms with van der Waals surface area (Å²) in [5.41, 5.74) is 5.70. The van der Waals surface area contributed by atoms with Crippen LogP contribution < -0.4 is 4.90 Å². The van der Waals surface area contributed by atoms with Crippen molar-refractivity contribution < 1.29 is 0 Å². The minimum absolute atomic E-state index is 1.10. The molecule has 0 radical (unpaired) electrons. The fourth-order valence-corrected chi connectivity index (χ4v) is 9.87. The third-order valence-electron chi connectivity index (χ3n) is 11.3. The number of rotatable bonds is 4. The van der Waals surface area contributed by atoms with Gasteiger partial charge in [-0.3, -0.25) is 0 Å². The third-order valence-corrected chi connectivity index (χ3v) is 12.4. The molecule has 11 aromatic rings. The summed E-state index contributed by atoms with van der Waals surface area (Å²) >= 11 is 1.88. The molecule has 56 heavy (non-hydrogen) atoms. The van der Waals surface area contributed by atoms with E-state index in [1.54, 1.807) is 0 Å². The Morgan fingerprint density at radius 1 is 0.268 bits per heavy atom. The topological polar surface area (TPSA) is 3.24 Å². The Hall–Kier alpha value is -7.00. The smallest absolute Gasteiger partial charge is 0.0540 e. The average molecular weight is 730 g/mol. The summed E-state index contributed by atoms with van der Waals surface area (Å²) in [5, 5.41) is 14.9. The highest BCUT2D eigenvalue weighted by molar-refractivity contribution is 7.25. The normalized spacial score (nSPS) is 11.6. The Kier molecular flexibility index (Phi) is 7.75. The maximum atomic E-state index is 2.48. The van der Waals surface area contributed by atoms with Crippen molar-refractivity contribution in [1.29, 1.82) is 0 Å². The fourth-order valence-electron chi connectivity index (χ4n) is 8.74. The molecular formula is C54H35NS. The molecule has 0 bridgehead atoms. The van der Waals surface area contributed by atoms with Gasteiger partial charge < -0.3 is 4.90 Å². The van der Waals surface area contributed by atoms with Crippen molar-refractivity contribution in [3.63, 3.8) is 0 Å². The van der Waals surface area contributed by atoms with Crippen LogP contribution in [0.1, 0.15) is 0 Å². The number of hydrogen-bond donors (Lipinski definition) is 0. The third kappa shape index (κ3) is 5.30. The first-order chi connectivity index (χ1) is 27.8. The van der Waals surface area contributed by atoms with Gasteiger partial charge in [-0.15, -0.1) is 11.3 Å². The van der Waals surface area contributed by atoms with Crippen LogP contribution in [0.25, 0.3) is 85.2 Å². The molecule has 1 nitrogen and oxygen atoms in total. The number of benzene rings is 9. The van der Waals surface area contributed by atoms with E-state index < -0.39 is 0 Å². The van der Waals surface area contributed by atoms with Crippen molar-refractivity contribution in [3.8, 4) is 11.1 Å². The van der Waals surface area contributed by atoms with E-state index in [0.717, 1.165) is 17.1 Å². The number of thiophene rings is 1. The molecule has 0 fully saturated rings. The first-order valence-corrected chi connectivity index (χ1v) is 20.0. The second-order valence-electron chi connectivity index (χ2n) is 14.4. The van der Waals surface area contributed by atoms with E-state index in [-0.39, 0.29) is 0 Å². The van der Waals surface area contributed by atoms with Gasteiger partial charge in [-0.2, -0.15) is 0 Å². The van der Waals surface area contributed by atoms with E-state index in [4.69, 9.17) is 0 Å². The van der Waals surface area contributed by atoms with E-state index in [1.807, 2.05) is 11.3 Å². The number of anilines is 3. The first-order valence-electron chi connectivity index (χ1n) is 19.2. The average Bonchev–Trinajstić information content (AvgIpc) is 3.64. The number of fused-ring (bicyclic) bond motifs is 13. The maximum Gasteiger partial charge on any atom is 0.0540 e. The Labute approximate surface area is 329 Å². The van der Waals surface area contributed by atoms with Crippen LogP contribution in [0.3, 0.4) is 0 Å². The van der Waals surface area contributed by atoms with Crippen molar-refractivity contribution in [1.82, 2.24) is 0 Å². The molecule has 1 heterocycles. The zero-order valence-corrected chi connectivity index (χ0v) is 31.4. The molecule has 0 aliphatic rings. The lowest BCUT2D eigenvalue weighted by molar-refractivity contribution is 1.29. The van der Waals surface area contributed by atoms with Crippen molar-refractivity contribution in [2.24, 2.45) is 0 Å². The highest BCUT2D eigenvalue weighted by Crippen LogP contribution is 2.45. The molecular weight excluding hydrogens is 695 g/mol. The second-order valence-corrected chi connectivity index (χ2v) is 15.5. The summed E-state index contributed by atoms with van der Waals surface area (Å²) in [7, 11) is 0. The molecule has 0 aliphatic carbocycles. The van der Waals surface area contributed by atoms with Gasteiger partial charge in [0.2, 0.25) is 0 Å². The van der Waals surface area contributed by atoms with Gasteiger partial charge in [0.1, 0.15) is 0 Å². The summed E-state index contributed by atoms with van der Waals surface area (Å²) in [6.45, 7) is 0. The summed E-state index contributed by atoms with van der Waals surface area (Å²) in [6.07, 6.45) is 0. The standard InChI is InChI=1S/C54H35NS/c1-3-17-36(18-4-1)39-21-13-15-29-52(39)55(37-19-5-2-6-20-37)38-31-32-46-44-26-10-9-24-42(44)40-22-7-8-23-41(40)43-25-11-12-27-45(43)50-35-54-51(34-49(50)48(46)33-38)47-28-14-16-30-53(47)56-54/h1-35H. The van der Waals surface area contributed by atoms with Crippen molar-refractivity contribution in [3.05, 3.63) is 212 Å². The molecule has 0 spiro atoms. The van der Waals surface area contributed by atoms with Gasteiger partial charge in [-0.05, 0) is 108 Å². The van der Waals surface area contributed by atoms with Gasteiger partial charge in [-0.25, -0.2) is 0 Å². The molecule has 1 aromatic heterocycles. The van der Waals surface area contributed by atoms with Gasteiger partial charge in [0, 0.05) is 37.1 Å². The Bertz CT molecular complexity index is 3360. The van der Waals surface area contributed by atoms with Crippen LogP contribution in [0.5, 0.6) is 0 Å². The minimum atomic E-state index is 1.10. The number of para-hydroxylation sites is 2. The molecule has 10 aromatic carbocycles. The van der Waals surface area contributed by atoms with Crippen LogP contribution in [0, 0.1) is 0 Å². The van der Waals surface area contributed by atoms with Gasteiger partial charge in [0.25, 0.3) is 0 Å². The van der Waals surface area contributed by atoms with Crippen LogP contribution in [0.15, 0.2) is 212 Å². The highest BCUT2D eigenvalue weighted by atomic mass is 32.1. The zero-order valence-electron chi connectivity index (χ0n) is 30.6. The van der Waals surface area contributed by atoms with E-state index in [1.165, 1.54) is 85.2 Å². The SMILES string of the molecule is c1ccc(-c2ccccc2N(c2ccccc2)c2ccc3c4ccccc4c4ccccc4c4ccccc4c4cc5sc6ccccc6c5cc4c3c2)cc1. The largest absolute Gasteiger partial charge is 0.310 e. The Balaban J connectivity index is 1.37. The van der Waals surface area contributed by atoms with E-state index >= 15 is 0 Å². The molecule has 0 aliphatic heterocycles. The molecule has 0 unspecified atom stereocenters. The van der Waals surface area contributed by atoms with Crippen LogP contribution in [-0.4, -0.2) is 0 Å². The molecule has 2 heteroatoms. The maximum absolute atomic E-state index is 2.48. The molecule has 0 amide bonds. The van der Waals surface area contributed by atoms with Gasteiger partial charge in [-0.1, -0.05) is 164 Å². The lowest BCUT2D eigenvalue weighted by Gasteiger charge is -2.28. The summed E-state index contributed by atoms with van der Waals surface area (Å²) in [5.74, 6) is 0. The molecule has 0 saturated heterocycles. The van der Waals surface area contributed by atoms with E-state index in [2.05, 4.69) is 217 Å². The highest BCUT2D eigenvalue weighted by Gasteiger charge is 2.19. The first kappa shape index (κ1) is 32.4. The van der Waals surface area contributed by atoms with Crippen LogP contribution in [0.4, 0.5) is 17.1 Å². The lowest BCUT2D eigenvalue weighted by Crippen LogP contribution is -2.11. The van der Waals surface area contributed by atoms with Gasteiger partial charge in [0.05, 0.1) is 5.69 Å². The van der Waals surface area contributed by atoms with E-state index in [0.29, 0.717) is 0 Å². The van der Waals surface area contributed by atoms with Crippen molar-refractivity contribution in [2.75, 3.05) is 4.90 Å². The van der Waals surface area contributed by atoms with Crippen LogP contribution >= 0.6 is 11.3 Å². The van der Waals surface area contributed by atoms with Crippen molar-refractivity contribution >= 4 is 102 Å². The van der Waals surface area contributed by atoms with Crippen LogP contribution in [-0.2, 0) is 0 Å². The number of hydrogen-bond acceptors (Lipinski definition) is 2. The van der Waals surface area contributed by atoms with Gasteiger partial charge >= 0.3 is 0 Å². The molecule has 11 rings (SSSR count). The van der Waals surface area contributed by atoms with Crippen LogP contribution in [0.2, 0.25) is 0 Å². The second kappa shape index (κ2) is 13.4. The number of nitrogens with zero attached hydrogens (tertiary/aromatic N) is 1. The lowest BCUT2D eigenvalue weighted by atomic mass is 9.93. The fraction of sp³-hybridized carbons (Fsp3) is 0. The quantitative estimate of drug-likeness (QED) is 0.174. The minimum Gasteiger partial charge on any atom is -0.310 e. The van der Waals surface area contributed by atoms with Crippen molar-refractivity contribution in [2.45, 2.75) is 0 Å².